The van der Waals surface area contributed by atoms with Crippen LogP contribution in [0, 0.1) is 0 Å². The lowest BCUT2D eigenvalue weighted by Gasteiger charge is -2.33. The molecule has 128 valence electrons. The molecule has 6 nitrogen and oxygen atoms in total. The van der Waals surface area contributed by atoms with Crippen LogP contribution in [0.5, 0.6) is 5.75 Å². The van der Waals surface area contributed by atoms with Gasteiger partial charge in [0.25, 0.3) is 0 Å². The van der Waals surface area contributed by atoms with Gasteiger partial charge >= 0.3 is 12.1 Å². The Hall–Kier alpha value is -2.71. The Kier molecular flexibility index (Phi) is 3.86. The average molecular weight is 341 g/mol. The minimum atomic E-state index is -4.54. The molecule has 0 amide bonds. The highest BCUT2D eigenvalue weighted by Gasteiger charge is 2.47. The zero-order valence-corrected chi connectivity index (χ0v) is 12.5. The molecule has 2 heterocycles. The lowest BCUT2D eigenvalue weighted by atomic mass is 9.96. The van der Waals surface area contributed by atoms with Crippen molar-refractivity contribution in [3.05, 3.63) is 41.6 Å². The van der Waals surface area contributed by atoms with Crippen LogP contribution in [0.3, 0.4) is 0 Å². The predicted molar refractivity (Wildman–Crippen MR) is 78.3 cm³/mol. The zero-order valence-electron chi connectivity index (χ0n) is 12.5. The molecule has 0 radical (unpaired) electrons. The van der Waals surface area contributed by atoms with Crippen LogP contribution in [0.15, 0.2) is 30.5 Å². The van der Waals surface area contributed by atoms with Crippen molar-refractivity contribution in [2.75, 3.05) is 12.4 Å². The summed E-state index contributed by atoms with van der Waals surface area (Å²) in [6, 6.07) is 4.00. The third kappa shape index (κ3) is 2.77. The second kappa shape index (κ2) is 5.73. The Balaban J connectivity index is 2.02. The SMILES string of the molecule is COc1ccc([C@@H]2C[C@@H](C(F)(F)F)n3ncc(C(=O)O)c3N2)cc1. The first-order chi connectivity index (χ1) is 11.3. The molecule has 0 unspecified atom stereocenters. The number of methoxy groups -OCH3 is 1. The van der Waals surface area contributed by atoms with Gasteiger partial charge in [0.05, 0.1) is 19.3 Å². The van der Waals surface area contributed by atoms with E-state index in [4.69, 9.17) is 9.84 Å². The minimum Gasteiger partial charge on any atom is -0.497 e. The van der Waals surface area contributed by atoms with Gasteiger partial charge in [-0.2, -0.15) is 18.3 Å². The minimum absolute atomic E-state index is 0.142. The lowest BCUT2D eigenvalue weighted by Crippen LogP contribution is -2.36. The number of aromatic carboxylic acids is 1. The molecule has 24 heavy (non-hydrogen) atoms. The monoisotopic (exact) mass is 341 g/mol. The molecule has 9 heteroatoms. The summed E-state index contributed by atoms with van der Waals surface area (Å²) in [4.78, 5) is 11.2. The van der Waals surface area contributed by atoms with Crippen LogP contribution >= 0.6 is 0 Å². The van der Waals surface area contributed by atoms with E-state index in [1.165, 1.54) is 7.11 Å². The van der Waals surface area contributed by atoms with Crippen molar-refractivity contribution < 1.29 is 27.8 Å². The number of fused-ring (bicyclic) bond motifs is 1. The summed E-state index contributed by atoms with van der Waals surface area (Å²) in [5.41, 5.74) is 0.316. The van der Waals surface area contributed by atoms with Crippen molar-refractivity contribution in [1.82, 2.24) is 9.78 Å². The van der Waals surface area contributed by atoms with Gasteiger partial charge in [-0.1, -0.05) is 12.1 Å². The van der Waals surface area contributed by atoms with Gasteiger partial charge in [0, 0.05) is 6.42 Å². The van der Waals surface area contributed by atoms with Crippen LogP contribution < -0.4 is 10.1 Å². The molecule has 0 saturated heterocycles. The number of alkyl halides is 3. The molecular weight excluding hydrogens is 327 g/mol. The van der Waals surface area contributed by atoms with Gasteiger partial charge in [-0.15, -0.1) is 0 Å². The van der Waals surface area contributed by atoms with E-state index in [-0.39, 0.29) is 17.8 Å². The Morgan fingerprint density at radius 2 is 2.04 bits per heavy atom. The van der Waals surface area contributed by atoms with E-state index in [2.05, 4.69) is 10.4 Å². The first kappa shape index (κ1) is 16.2. The molecular formula is C15H14F3N3O3. The Morgan fingerprint density at radius 3 is 2.58 bits per heavy atom. The molecule has 1 aliphatic heterocycles. The molecule has 0 saturated carbocycles. The van der Waals surface area contributed by atoms with Crippen LogP contribution in [-0.2, 0) is 0 Å². The number of ether oxygens (including phenoxy) is 1. The number of nitrogens with zero attached hydrogens (tertiary/aromatic N) is 2. The van der Waals surface area contributed by atoms with Gasteiger partial charge in [0.15, 0.2) is 6.04 Å². The molecule has 2 N–H and O–H groups in total. The maximum Gasteiger partial charge on any atom is 0.410 e. The van der Waals surface area contributed by atoms with Crippen LogP contribution in [0.25, 0.3) is 0 Å². The third-order valence-electron chi connectivity index (χ3n) is 3.99. The normalized spacial score (nSPS) is 20.2. The summed E-state index contributed by atoms with van der Waals surface area (Å²) in [6.45, 7) is 0. The van der Waals surface area contributed by atoms with Crippen LogP contribution in [0.1, 0.15) is 34.4 Å². The molecule has 2 atom stereocenters. The van der Waals surface area contributed by atoms with Crippen LogP contribution in [0.4, 0.5) is 19.0 Å². The Bertz CT molecular complexity index is 756. The fourth-order valence-electron chi connectivity index (χ4n) is 2.77. The van der Waals surface area contributed by atoms with E-state index in [0.29, 0.717) is 16.0 Å². The Morgan fingerprint density at radius 1 is 1.38 bits per heavy atom. The quantitative estimate of drug-likeness (QED) is 0.896. The number of aromatic nitrogens is 2. The van der Waals surface area contributed by atoms with Crippen molar-refractivity contribution in [1.29, 1.82) is 0 Å². The molecule has 0 fully saturated rings. The number of hydrogen-bond donors (Lipinski definition) is 2. The number of rotatable bonds is 3. The number of carboxylic acid groups (broad SMARTS) is 1. The van der Waals surface area contributed by atoms with Gasteiger partial charge in [-0.3, -0.25) is 0 Å². The number of nitrogens with one attached hydrogen (secondary N) is 1. The number of carbonyl (C=O) groups is 1. The van der Waals surface area contributed by atoms with Crippen molar-refractivity contribution in [2.45, 2.75) is 24.7 Å². The van der Waals surface area contributed by atoms with E-state index in [9.17, 15) is 18.0 Å². The van der Waals surface area contributed by atoms with Crippen molar-refractivity contribution in [3.63, 3.8) is 0 Å². The lowest BCUT2D eigenvalue weighted by molar-refractivity contribution is -0.173. The van der Waals surface area contributed by atoms with Crippen LogP contribution in [-0.4, -0.2) is 34.1 Å². The highest BCUT2D eigenvalue weighted by molar-refractivity contribution is 5.93. The summed E-state index contributed by atoms with van der Waals surface area (Å²) in [6.07, 6.45) is -3.90. The highest BCUT2D eigenvalue weighted by Crippen LogP contribution is 2.44. The molecule has 2 aromatic rings. The van der Waals surface area contributed by atoms with Crippen molar-refractivity contribution in [2.24, 2.45) is 0 Å². The van der Waals surface area contributed by atoms with Gasteiger partial charge in [0.2, 0.25) is 0 Å². The van der Waals surface area contributed by atoms with Crippen molar-refractivity contribution in [3.8, 4) is 5.75 Å². The summed E-state index contributed by atoms with van der Waals surface area (Å²) in [5.74, 6) is -0.893. The molecule has 1 aliphatic rings. The topological polar surface area (TPSA) is 76.4 Å². The van der Waals surface area contributed by atoms with Gasteiger partial charge < -0.3 is 15.2 Å². The standard InChI is InChI=1S/C15H14F3N3O3/c1-24-9-4-2-8(3-5-9)11-6-12(15(16,17)18)21-13(20-11)10(7-19-21)14(22)23/h2-5,7,11-12,20H,6H2,1H3,(H,22,23)/t11-,12-/m0/s1. The number of halogens is 3. The number of hydrogen-bond acceptors (Lipinski definition) is 4. The van der Waals surface area contributed by atoms with Gasteiger partial charge in [0.1, 0.15) is 17.1 Å². The first-order valence-electron chi connectivity index (χ1n) is 7.09. The molecule has 0 bridgehead atoms. The second-order valence-electron chi connectivity index (χ2n) is 5.42. The largest absolute Gasteiger partial charge is 0.497 e. The summed E-state index contributed by atoms with van der Waals surface area (Å²) in [5, 5.41) is 15.6. The maximum absolute atomic E-state index is 13.4. The smallest absolute Gasteiger partial charge is 0.410 e. The van der Waals surface area contributed by atoms with Gasteiger partial charge in [-0.05, 0) is 17.7 Å². The fourth-order valence-corrected chi connectivity index (χ4v) is 2.77. The van der Waals surface area contributed by atoms with E-state index in [1.54, 1.807) is 24.3 Å². The number of benzene rings is 1. The predicted octanol–water partition coefficient (Wildman–Crippen LogP) is 3.25. The fraction of sp³-hybridized carbons (Fsp3) is 0.333. The summed E-state index contributed by atoms with van der Waals surface area (Å²) in [7, 11) is 1.49. The van der Waals surface area contributed by atoms with Crippen LogP contribution in [0.2, 0.25) is 0 Å². The zero-order chi connectivity index (χ0) is 17.5. The molecule has 0 aliphatic carbocycles. The van der Waals surface area contributed by atoms with Crippen molar-refractivity contribution >= 4 is 11.8 Å². The average Bonchev–Trinajstić information content (AvgIpc) is 2.97. The van der Waals surface area contributed by atoms with E-state index >= 15 is 0 Å². The van der Waals surface area contributed by atoms with Gasteiger partial charge in [-0.25, -0.2) is 9.48 Å². The van der Waals surface area contributed by atoms with E-state index in [1.807, 2.05) is 0 Å². The molecule has 0 spiro atoms. The summed E-state index contributed by atoms with van der Waals surface area (Å²) >= 11 is 0. The number of anilines is 1. The van der Waals surface area contributed by atoms with E-state index < -0.39 is 24.2 Å². The highest BCUT2D eigenvalue weighted by atomic mass is 19.4. The first-order valence-corrected chi connectivity index (χ1v) is 7.09. The maximum atomic E-state index is 13.4. The molecule has 3 rings (SSSR count). The number of carboxylic acids is 1. The second-order valence-corrected chi connectivity index (χ2v) is 5.42. The molecule has 1 aromatic carbocycles. The Labute approximate surface area is 134 Å². The molecule has 1 aromatic heterocycles. The third-order valence-corrected chi connectivity index (χ3v) is 3.99. The summed E-state index contributed by atoms with van der Waals surface area (Å²) < 4.78 is 45.9. The van der Waals surface area contributed by atoms with E-state index in [0.717, 1.165) is 6.20 Å².